The first kappa shape index (κ1) is 12.4. The van der Waals surface area contributed by atoms with Crippen LogP contribution in [0.25, 0.3) is 0 Å². The summed E-state index contributed by atoms with van der Waals surface area (Å²) in [6.45, 7) is 4.86. The van der Waals surface area contributed by atoms with Gasteiger partial charge < -0.3 is 14.7 Å². The van der Waals surface area contributed by atoms with Crippen molar-refractivity contribution in [1.82, 2.24) is 9.78 Å². The molecule has 17 heavy (non-hydrogen) atoms. The van der Waals surface area contributed by atoms with E-state index in [1.54, 1.807) is 0 Å². The number of likely N-dealkylation sites (N-methyl/N-ethyl adjacent to an activating group) is 1. The topological polar surface area (TPSA) is 50.5 Å². The molecular formula is C12H21N3O2. The van der Waals surface area contributed by atoms with E-state index in [1.807, 2.05) is 25.7 Å². The van der Waals surface area contributed by atoms with Gasteiger partial charge in [0.2, 0.25) is 0 Å². The first-order valence-corrected chi connectivity index (χ1v) is 6.04. The van der Waals surface area contributed by atoms with Crippen LogP contribution in [-0.2, 0) is 18.4 Å². The number of hydrogen-bond donors (Lipinski definition) is 1. The Bertz CT molecular complexity index is 403. The summed E-state index contributed by atoms with van der Waals surface area (Å²) in [5.74, 6) is 0.993. The Balaban J connectivity index is 2.32. The van der Waals surface area contributed by atoms with E-state index >= 15 is 0 Å². The Kier molecular flexibility index (Phi) is 3.40. The zero-order chi connectivity index (χ0) is 12.6. The summed E-state index contributed by atoms with van der Waals surface area (Å²) in [5.41, 5.74) is 1.80. The molecule has 2 rings (SSSR count). The normalized spacial score (nSPS) is 24.3. The number of aromatic nitrogens is 2. The summed E-state index contributed by atoms with van der Waals surface area (Å²) in [7, 11) is 3.96. The van der Waals surface area contributed by atoms with Gasteiger partial charge in [0, 0.05) is 26.3 Å². The van der Waals surface area contributed by atoms with Crippen LogP contribution in [0.2, 0.25) is 0 Å². The molecule has 0 aromatic carbocycles. The Morgan fingerprint density at radius 3 is 2.82 bits per heavy atom. The Hall–Kier alpha value is -1.07. The molecule has 1 saturated heterocycles. The fourth-order valence-corrected chi connectivity index (χ4v) is 2.70. The van der Waals surface area contributed by atoms with Gasteiger partial charge in [0.25, 0.3) is 0 Å². The lowest BCUT2D eigenvalue weighted by Crippen LogP contribution is -2.38. The number of anilines is 1. The molecule has 1 aromatic rings. The first-order valence-electron chi connectivity index (χ1n) is 6.04. The molecule has 2 heterocycles. The quantitative estimate of drug-likeness (QED) is 0.849. The summed E-state index contributed by atoms with van der Waals surface area (Å²) in [6.07, 6.45) is 1.24. The maximum atomic E-state index is 9.46. The van der Waals surface area contributed by atoms with Gasteiger partial charge in [-0.15, -0.1) is 0 Å². The predicted molar refractivity (Wildman–Crippen MR) is 66.1 cm³/mol. The molecule has 5 heteroatoms. The fourth-order valence-electron chi connectivity index (χ4n) is 2.70. The van der Waals surface area contributed by atoms with Gasteiger partial charge in [0.15, 0.2) is 0 Å². The molecule has 5 nitrogen and oxygen atoms in total. The third-order valence-electron chi connectivity index (χ3n) is 3.64. The molecule has 2 unspecified atom stereocenters. The van der Waals surface area contributed by atoms with Crippen LogP contribution in [0, 0.1) is 6.92 Å². The molecule has 0 saturated carbocycles. The second-order valence-electron chi connectivity index (χ2n) is 4.71. The average molecular weight is 239 g/mol. The lowest BCUT2D eigenvalue weighted by atomic mass is 10.1. The smallest absolute Gasteiger partial charge is 0.132 e. The monoisotopic (exact) mass is 239 g/mol. The molecule has 0 radical (unpaired) electrons. The van der Waals surface area contributed by atoms with Crippen molar-refractivity contribution >= 4 is 5.82 Å². The summed E-state index contributed by atoms with van der Waals surface area (Å²) in [4.78, 5) is 2.18. The summed E-state index contributed by atoms with van der Waals surface area (Å²) in [5, 5.41) is 13.8. The highest BCUT2D eigenvalue weighted by atomic mass is 16.5. The molecule has 0 bridgehead atoms. The highest BCUT2D eigenvalue weighted by Crippen LogP contribution is 2.28. The molecule has 1 fully saturated rings. The van der Waals surface area contributed by atoms with Crippen molar-refractivity contribution in [3.63, 3.8) is 0 Å². The molecule has 1 aliphatic heterocycles. The Labute approximate surface area is 102 Å². The molecule has 0 amide bonds. The molecule has 96 valence electrons. The van der Waals surface area contributed by atoms with Gasteiger partial charge in [-0.3, -0.25) is 4.68 Å². The molecule has 1 aromatic heterocycles. The van der Waals surface area contributed by atoms with Crippen molar-refractivity contribution in [2.45, 2.75) is 39.0 Å². The second-order valence-corrected chi connectivity index (χ2v) is 4.71. The van der Waals surface area contributed by atoms with Crippen molar-refractivity contribution in [1.29, 1.82) is 0 Å². The van der Waals surface area contributed by atoms with Crippen LogP contribution in [0.15, 0.2) is 0 Å². The fraction of sp³-hybridized carbons (Fsp3) is 0.750. The lowest BCUT2D eigenvalue weighted by Gasteiger charge is -2.29. The molecule has 1 N–H and O–H groups in total. The van der Waals surface area contributed by atoms with E-state index in [-0.39, 0.29) is 12.7 Å². The average Bonchev–Trinajstić information content (AvgIpc) is 2.81. The first-order chi connectivity index (χ1) is 8.06. The maximum Gasteiger partial charge on any atom is 0.132 e. The van der Waals surface area contributed by atoms with Gasteiger partial charge in [0.1, 0.15) is 5.82 Å². The van der Waals surface area contributed by atoms with E-state index in [4.69, 9.17) is 4.74 Å². The standard InChI is InChI=1S/C12H21N3O2/c1-8-10(7-16)12(15(4)13-8)14(3)11-5-6-17-9(11)2/h9,11,16H,5-7H2,1-4H3. The van der Waals surface area contributed by atoms with Crippen LogP contribution in [-0.4, -0.2) is 40.7 Å². The zero-order valence-corrected chi connectivity index (χ0v) is 11.0. The van der Waals surface area contributed by atoms with E-state index in [2.05, 4.69) is 16.9 Å². The zero-order valence-electron chi connectivity index (χ0n) is 11.0. The highest BCUT2D eigenvalue weighted by molar-refractivity contribution is 5.50. The largest absolute Gasteiger partial charge is 0.391 e. The molecule has 1 aliphatic rings. The Morgan fingerprint density at radius 2 is 2.29 bits per heavy atom. The third-order valence-corrected chi connectivity index (χ3v) is 3.64. The molecule has 0 aliphatic carbocycles. The molecular weight excluding hydrogens is 218 g/mol. The number of nitrogens with zero attached hydrogens (tertiary/aromatic N) is 3. The summed E-state index contributed by atoms with van der Waals surface area (Å²) >= 11 is 0. The number of ether oxygens (including phenoxy) is 1. The van der Waals surface area contributed by atoms with Gasteiger partial charge in [-0.25, -0.2) is 0 Å². The van der Waals surface area contributed by atoms with Crippen molar-refractivity contribution in [3.05, 3.63) is 11.3 Å². The summed E-state index contributed by atoms with van der Waals surface area (Å²) < 4.78 is 7.43. The van der Waals surface area contributed by atoms with Crippen molar-refractivity contribution in [2.24, 2.45) is 7.05 Å². The SMILES string of the molecule is Cc1nn(C)c(N(C)C2CCOC2C)c1CO. The van der Waals surface area contributed by atoms with E-state index < -0.39 is 0 Å². The van der Waals surface area contributed by atoms with Crippen molar-refractivity contribution in [2.75, 3.05) is 18.6 Å². The van der Waals surface area contributed by atoms with Crippen LogP contribution in [0.5, 0.6) is 0 Å². The van der Waals surface area contributed by atoms with Gasteiger partial charge in [-0.2, -0.15) is 5.10 Å². The number of hydrogen-bond acceptors (Lipinski definition) is 4. The minimum absolute atomic E-state index is 0.0291. The number of aliphatic hydroxyl groups excluding tert-OH is 1. The van der Waals surface area contributed by atoms with Crippen molar-refractivity contribution in [3.8, 4) is 0 Å². The van der Waals surface area contributed by atoms with E-state index in [0.29, 0.717) is 6.04 Å². The van der Waals surface area contributed by atoms with Crippen molar-refractivity contribution < 1.29 is 9.84 Å². The highest BCUT2D eigenvalue weighted by Gasteiger charge is 2.31. The number of aryl methyl sites for hydroxylation is 2. The molecule has 0 spiro atoms. The van der Waals surface area contributed by atoms with Crippen LogP contribution >= 0.6 is 0 Å². The van der Waals surface area contributed by atoms with Gasteiger partial charge in [-0.05, 0) is 20.3 Å². The Morgan fingerprint density at radius 1 is 1.59 bits per heavy atom. The van der Waals surface area contributed by atoms with E-state index in [1.165, 1.54) is 0 Å². The predicted octanol–water partition coefficient (Wildman–Crippen LogP) is 0.834. The van der Waals surface area contributed by atoms with Gasteiger partial charge in [-0.1, -0.05) is 0 Å². The second kappa shape index (κ2) is 4.66. The number of rotatable bonds is 3. The summed E-state index contributed by atoms with van der Waals surface area (Å²) in [6, 6.07) is 0.357. The van der Waals surface area contributed by atoms with Crippen LogP contribution in [0.4, 0.5) is 5.82 Å². The third kappa shape index (κ3) is 2.05. The van der Waals surface area contributed by atoms with E-state index in [0.717, 1.165) is 30.1 Å². The minimum atomic E-state index is 0.0291. The number of aliphatic hydroxyl groups is 1. The molecule has 2 atom stereocenters. The lowest BCUT2D eigenvalue weighted by molar-refractivity contribution is 0.118. The van der Waals surface area contributed by atoms with Gasteiger partial charge >= 0.3 is 0 Å². The van der Waals surface area contributed by atoms with Gasteiger partial charge in [0.05, 0.1) is 24.4 Å². The van der Waals surface area contributed by atoms with Crippen LogP contribution in [0.1, 0.15) is 24.6 Å². The minimum Gasteiger partial charge on any atom is -0.391 e. The van der Waals surface area contributed by atoms with Crippen LogP contribution in [0.3, 0.4) is 0 Å². The van der Waals surface area contributed by atoms with Crippen LogP contribution < -0.4 is 4.90 Å². The van der Waals surface area contributed by atoms with E-state index in [9.17, 15) is 5.11 Å². The maximum absolute atomic E-state index is 9.46.